The first kappa shape index (κ1) is 18.9. The Balaban J connectivity index is 1.40. The van der Waals surface area contributed by atoms with E-state index in [0.717, 1.165) is 24.2 Å². The minimum atomic E-state index is 0.00684. The molecule has 6 heteroatoms. The van der Waals surface area contributed by atoms with Gasteiger partial charge < -0.3 is 15.0 Å². The molecule has 0 spiro atoms. The zero-order chi connectivity index (χ0) is 19.1. The smallest absolute Gasteiger partial charge is 0.255 e. The number of aryl methyl sites for hydroxylation is 1. The van der Waals surface area contributed by atoms with Crippen molar-refractivity contribution in [2.45, 2.75) is 31.7 Å². The van der Waals surface area contributed by atoms with Crippen LogP contribution < -0.4 is 10.1 Å². The van der Waals surface area contributed by atoms with Crippen LogP contribution in [0.25, 0.3) is 0 Å². The maximum atomic E-state index is 12.4. The zero-order valence-corrected chi connectivity index (χ0v) is 15.6. The van der Waals surface area contributed by atoms with Gasteiger partial charge in [0, 0.05) is 37.9 Å². The lowest BCUT2D eigenvalue weighted by Gasteiger charge is -2.32. The summed E-state index contributed by atoms with van der Waals surface area (Å²) >= 11 is 0. The summed E-state index contributed by atoms with van der Waals surface area (Å²) in [5.74, 6) is 0.881. The molecule has 1 N–H and O–H groups in total. The quantitative estimate of drug-likeness (QED) is 0.851. The summed E-state index contributed by atoms with van der Waals surface area (Å²) in [6, 6.07) is 11.4. The van der Waals surface area contributed by atoms with E-state index in [1.165, 1.54) is 0 Å². The molecule has 0 radical (unpaired) electrons. The van der Waals surface area contributed by atoms with Gasteiger partial charge in [0.05, 0.1) is 12.7 Å². The molecule has 1 fully saturated rings. The number of methoxy groups -OCH3 is 1. The number of piperidine rings is 1. The van der Waals surface area contributed by atoms with Gasteiger partial charge in [-0.1, -0.05) is 12.1 Å². The molecule has 142 valence electrons. The molecule has 2 heterocycles. The molecule has 1 aliphatic heterocycles. The number of nitrogens with one attached hydrogen (secondary N) is 1. The lowest BCUT2D eigenvalue weighted by atomic mass is 10.0. The van der Waals surface area contributed by atoms with Crippen molar-refractivity contribution in [3.05, 3.63) is 59.9 Å². The number of amides is 2. The Morgan fingerprint density at radius 1 is 1.19 bits per heavy atom. The van der Waals surface area contributed by atoms with Crippen LogP contribution in [0.1, 0.15) is 35.2 Å². The van der Waals surface area contributed by atoms with Gasteiger partial charge in [0.1, 0.15) is 5.75 Å². The molecule has 0 atom stereocenters. The Morgan fingerprint density at radius 3 is 2.56 bits per heavy atom. The van der Waals surface area contributed by atoms with Gasteiger partial charge in [0.2, 0.25) is 5.91 Å². The van der Waals surface area contributed by atoms with Crippen LogP contribution in [0, 0.1) is 0 Å². The number of benzene rings is 1. The second-order valence-electron chi connectivity index (χ2n) is 6.72. The zero-order valence-electron chi connectivity index (χ0n) is 15.6. The second kappa shape index (κ2) is 9.16. The Hall–Kier alpha value is -2.89. The summed E-state index contributed by atoms with van der Waals surface area (Å²) in [6.07, 6.45) is 5.97. The molecule has 0 bridgehead atoms. The Bertz CT molecular complexity index is 754. The third-order valence-corrected chi connectivity index (χ3v) is 4.86. The van der Waals surface area contributed by atoms with Crippen molar-refractivity contribution in [2.75, 3.05) is 20.2 Å². The summed E-state index contributed by atoms with van der Waals surface area (Å²) in [4.78, 5) is 30.5. The maximum absolute atomic E-state index is 12.4. The third-order valence-electron chi connectivity index (χ3n) is 4.86. The van der Waals surface area contributed by atoms with Crippen molar-refractivity contribution in [3.63, 3.8) is 0 Å². The highest BCUT2D eigenvalue weighted by Crippen LogP contribution is 2.15. The first-order chi connectivity index (χ1) is 13.2. The van der Waals surface area contributed by atoms with Gasteiger partial charge in [0.25, 0.3) is 5.91 Å². The molecule has 1 saturated heterocycles. The number of nitrogens with zero attached hydrogens (tertiary/aromatic N) is 2. The van der Waals surface area contributed by atoms with E-state index >= 15 is 0 Å². The predicted molar refractivity (Wildman–Crippen MR) is 103 cm³/mol. The van der Waals surface area contributed by atoms with E-state index in [0.29, 0.717) is 31.5 Å². The molecular formula is C21H25N3O3. The molecule has 2 amide bonds. The third kappa shape index (κ3) is 5.29. The number of aromatic nitrogens is 1. The Labute approximate surface area is 159 Å². The lowest BCUT2D eigenvalue weighted by molar-refractivity contribution is -0.122. The number of rotatable bonds is 6. The molecular weight excluding hydrogens is 342 g/mol. The van der Waals surface area contributed by atoms with Crippen molar-refractivity contribution in [3.8, 4) is 5.75 Å². The van der Waals surface area contributed by atoms with E-state index in [4.69, 9.17) is 4.74 Å². The molecule has 3 rings (SSSR count). The molecule has 0 saturated carbocycles. The lowest BCUT2D eigenvalue weighted by Crippen LogP contribution is -2.46. The molecule has 6 nitrogen and oxygen atoms in total. The number of hydrogen-bond donors (Lipinski definition) is 1. The van der Waals surface area contributed by atoms with E-state index in [9.17, 15) is 9.59 Å². The van der Waals surface area contributed by atoms with Gasteiger partial charge >= 0.3 is 0 Å². The minimum Gasteiger partial charge on any atom is -0.497 e. The summed E-state index contributed by atoms with van der Waals surface area (Å²) in [5.41, 5.74) is 1.72. The van der Waals surface area contributed by atoms with E-state index in [-0.39, 0.29) is 17.9 Å². The van der Waals surface area contributed by atoms with Crippen molar-refractivity contribution < 1.29 is 14.3 Å². The number of carbonyl (C=O) groups is 2. The maximum Gasteiger partial charge on any atom is 0.255 e. The van der Waals surface area contributed by atoms with Crippen LogP contribution in [0.3, 0.4) is 0 Å². The standard InChI is InChI=1S/C21H25N3O3/c1-27-19-7-4-16(5-8-19)6-9-20(25)23-18-10-13-24(14-11-18)21(26)17-3-2-12-22-15-17/h2-5,7-8,12,15,18H,6,9-11,13-14H2,1H3,(H,23,25). The van der Waals surface area contributed by atoms with Crippen molar-refractivity contribution in [1.29, 1.82) is 0 Å². The van der Waals surface area contributed by atoms with Crippen molar-refractivity contribution >= 4 is 11.8 Å². The van der Waals surface area contributed by atoms with E-state index in [2.05, 4.69) is 10.3 Å². The van der Waals surface area contributed by atoms with Gasteiger partial charge in [-0.05, 0) is 49.1 Å². The van der Waals surface area contributed by atoms with Crippen LogP contribution in [0.5, 0.6) is 5.75 Å². The van der Waals surface area contributed by atoms with Gasteiger partial charge in [-0.25, -0.2) is 0 Å². The van der Waals surface area contributed by atoms with Crippen LogP contribution in [0.2, 0.25) is 0 Å². The first-order valence-electron chi connectivity index (χ1n) is 9.27. The summed E-state index contributed by atoms with van der Waals surface area (Å²) in [6.45, 7) is 1.30. The fourth-order valence-corrected chi connectivity index (χ4v) is 3.25. The van der Waals surface area contributed by atoms with Crippen LogP contribution in [-0.2, 0) is 11.2 Å². The Morgan fingerprint density at radius 2 is 1.93 bits per heavy atom. The van der Waals surface area contributed by atoms with Gasteiger partial charge in [0.15, 0.2) is 0 Å². The van der Waals surface area contributed by atoms with Gasteiger partial charge in [-0.2, -0.15) is 0 Å². The van der Waals surface area contributed by atoms with Gasteiger partial charge in [-0.3, -0.25) is 14.6 Å². The van der Waals surface area contributed by atoms with Crippen LogP contribution in [0.15, 0.2) is 48.8 Å². The number of hydrogen-bond acceptors (Lipinski definition) is 4. The van der Waals surface area contributed by atoms with Crippen LogP contribution in [-0.4, -0.2) is 47.9 Å². The van der Waals surface area contributed by atoms with Crippen LogP contribution >= 0.6 is 0 Å². The van der Waals surface area contributed by atoms with E-state index in [1.807, 2.05) is 29.2 Å². The topological polar surface area (TPSA) is 71.5 Å². The fourth-order valence-electron chi connectivity index (χ4n) is 3.25. The predicted octanol–water partition coefficient (Wildman–Crippen LogP) is 2.44. The largest absolute Gasteiger partial charge is 0.497 e. The molecule has 1 aromatic heterocycles. The second-order valence-corrected chi connectivity index (χ2v) is 6.72. The minimum absolute atomic E-state index is 0.00684. The normalized spacial score (nSPS) is 14.6. The van der Waals surface area contributed by atoms with E-state index < -0.39 is 0 Å². The van der Waals surface area contributed by atoms with E-state index in [1.54, 1.807) is 31.6 Å². The SMILES string of the molecule is COc1ccc(CCC(=O)NC2CCN(C(=O)c3cccnc3)CC2)cc1. The highest BCUT2D eigenvalue weighted by atomic mass is 16.5. The molecule has 0 unspecified atom stereocenters. The van der Waals surface area contributed by atoms with Crippen LogP contribution in [0.4, 0.5) is 0 Å². The van der Waals surface area contributed by atoms with Crippen molar-refractivity contribution in [2.24, 2.45) is 0 Å². The number of ether oxygens (including phenoxy) is 1. The summed E-state index contributed by atoms with van der Waals surface area (Å²) < 4.78 is 5.14. The van der Waals surface area contributed by atoms with Gasteiger partial charge in [-0.15, -0.1) is 0 Å². The Kier molecular flexibility index (Phi) is 6.41. The molecule has 2 aromatic rings. The number of pyridine rings is 1. The monoisotopic (exact) mass is 367 g/mol. The number of carbonyl (C=O) groups excluding carboxylic acids is 2. The summed E-state index contributed by atoms with van der Waals surface area (Å²) in [7, 11) is 1.64. The van der Waals surface area contributed by atoms with Crippen molar-refractivity contribution in [1.82, 2.24) is 15.2 Å². The fraction of sp³-hybridized carbons (Fsp3) is 0.381. The number of likely N-dealkylation sites (tertiary alicyclic amines) is 1. The molecule has 1 aliphatic rings. The summed E-state index contributed by atoms with van der Waals surface area (Å²) in [5, 5.41) is 3.10. The molecule has 1 aromatic carbocycles. The average Bonchev–Trinajstić information content (AvgIpc) is 2.73. The molecule has 0 aliphatic carbocycles. The highest BCUT2D eigenvalue weighted by Gasteiger charge is 2.24. The average molecular weight is 367 g/mol. The highest BCUT2D eigenvalue weighted by molar-refractivity contribution is 5.93. The first-order valence-corrected chi connectivity index (χ1v) is 9.27. The molecule has 27 heavy (non-hydrogen) atoms.